The molecule has 2 aliphatic rings. The van der Waals surface area contributed by atoms with Crippen LogP contribution in [0.2, 0.25) is 0 Å². The van der Waals surface area contributed by atoms with E-state index in [2.05, 4.69) is 34.2 Å². The minimum Gasteiger partial charge on any atom is -0.497 e. The fourth-order valence-electron chi connectivity index (χ4n) is 5.52. The lowest BCUT2D eigenvalue weighted by molar-refractivity contribution is -0.0202. The van der Waals surface area contributed by atoms with Crippen molar-refractivity contribution in [1.29, 1.82) is 0 Å². The number of benzene rings is 3. The minimum atomic E-state index is -0.969. The summed E-state index contributed by atoms with van der Waals surface area (Å²) < 4.78 is 11.3. The highest BCUT2D eigenvalue weighted by molar-refractivity contribution is 5.82. The highest BCUT2D eigenvalue weighted by Crippen LogP contribution is 2.35. The van der Waals surface area contributed by atoms with Crippen LogP contribution in [0.4, 0.5) is 4.79 Å². The van der Waals surface area contributed by atoms with E-state index in [9.17, 15) is 9.90 Å². The lowest BCUT2D eigenvalue weighted by Crippen LogP contribution is -2.50. The zero-order valence-corrected chi connectivity index (χ0v) is 21.7. The monoisotopic (exact) mass is 512 g/mol. The van der Waals surface area contributed by atoms with Crippen molar-refractivity contribution >= 4 is 17.1 Å². The predicted octanol–water partition coefficient (Wildman–Crippen LogP) is 4.84. The second-order valence-electron chi connectivity index (χ2n) is 10.2. The molecule has 0 aliphatic carbocycles. The van der Waals surface area contributed by atoms with Crippen molar-refractivity contribution in [3.8, 4) is 22.6 Å². The van der Waals surface area contributed by atoms with Gasteiger partial charge in [0.1, 0.15) is 23.9 Å². The molecule has 8 heteroatoms. The fourth-order valence-corrected chi connectivity index (χ4v) is 5.52. The van der Waals surface area contributed by atoms with Crippen LogP contribution in [0.5, 0.6) is 11.5 Å². The average Bonchev–Trinajstić information content (AvgIpc) is 3.18. The number of fused-ring (bicyclic) bond motifs is 2. The fraction of sp³-hybridized carbons (Fsp3) is 0.333. The van der Waals surface area contributed by atoms with Gasteiger partial charge in [0, 0.05) is 18.7 Å². The van der Waals surface area contributed by atoms with Crippen molar-refractivity contribution in [2.24, 2.45) is 0 Å². The number of piperidine rings is 1. The third-order valence-electron chi connectivity index (χ3n) is 7.71. The van der Waals surface area contributed by atoms with Crippen LogP contribution >= 0.6 is 0 Å². The Labute approximate surface area is 221 Å². The van der Waals surface area contributed by atoms with Gasteiger partial charge in [-0.3, -0.25) is 0 Å². The molecule has 6 rings (SSSR count). The molecule has 0 unspecified atom stereocenters. The number of methoxy groups -OCH3 is 1. The van der Waals surface area contributed by atoms with Crippen molar-refractivity contribution < 1.29 is 19.4 Å². The van der Waals surface area contributed by atoms with Crippen LogP contribution < -0.4 is 9.47 Å². The number of nitrogens with zero attached hydrogens (tertiary/aromatic N) is 3. The summed E-state index contributed by atoms with van der Waals surface area (Å²) in [6, 6.07) is 19.9. The van der Waals surface area contributed by atoms with E-state index in [0.29, 0.717) is 45.6 Å². The minimum absolute atomic E-state index is 0.0195. The Morgan fingerprint density at radius 1 is 1.03 bits per heavy atom. The molecular formula is C30H32N4O4. The zero-order chi connectivity index (χ0) is 26.3. The van der Waals surface area contributed by atoms with Gasteiger partial charge in [-0.15, -0.1) is 0 Å². The molecule has 38 heavy (non-hydrogen) atoms. The molecule has 0 atom stereocenters. The van der Waals surface area contributed by atoms with Crippen molar-refractivity contribution in [2.45, 2.75) is 31.9 Å². The van der Waals surface area contributed by atoms with Gasteiger partial charge >= 0.3 is 6.03 Å². The Morgan fingerprint density at radius 3 is 2.63 bits per heavy atom. The Balaban J connectivity index is 1.17. The number of aliphatic hydroxyl groups is 1. The van der Waals surface area contributed by atoms with Gasteiger partial charge in [0.25, 0.3) is 0 Å². The van der Waals surface area contributed by atoms with Gasteiger partial charge in [-0.2, -0.15) is 0 Å². The Hall–Kier alpha value is -4.04. The van der Waals surface area contributed by atoms with E-state index in [0.717, 1.165) is 50.6 Å². The van der Waals surface area contributed by atoms with Crippen LogP contribution in [0.3, 0.4) is 0 Å². The van der Waals surface area contributed by atoms with Crippen LogP contribution in [0, 0.1) is 6.92 Å². The maximum absolute atomic E-state index is 13.6. The maximum atomic E-state index is 13.6. The average molecular weight is 513 g/mol. The van der Waals surface area contributed by atoms with Crippen LogP contribution in [-0.4, -0.2) is 64.3 Å². The third-order valence-corrected chi connectivity index (χ3v) is 7.71. The Morgan fingerprint density at radius 2 is 1.82 bits per heavy atom. The number of imidazole rings is 1. The molecule has 1 fully saturated rings. The van der Waals surface area contributed by atoms with Gasteiger partial charge in [0.05, 0.1) is 36.8 Å². The number of aromatic amines is 1. The lowest BCUT2D eigenvalue weighted by Gasteiger charge is -2.40. The first kappa shape index (κ1) is 24.3. The summed E-state index contributed by atoms with van der Waals surface area (Å²) in [7, 11) is 1.62. The molecule has 2 N–H and O–H groups in total. The number of rotatable bonds is 3. The van der Waals surface area contributed by atoms with E-state index in [-0.39, 0.29) is 6.03 Å². The first-order valence-electron chi connectivity index (χ1n) is 13.1. The summed E-state index contributed by atoms with van der Waals surface area (Å²) in [5, 5.41) is 11.3. The van der Waals surface area contributed by atoms with Crippen LogP contribution in [0.25, 0.3) is 22.2 Å². The zero-order valence-electron chi connectivity index (χ0n) is 21.7. The Kier molecular flexibility index (Phi) is 6.19. The largest absolute Gasteiger partial charge is 0.497 e. The number of urea groups is 1. The number of aromatic nitrogens is 2. The van der Waals surface area contributed by atoms with Crippen LogP contribution in [0.1, 0.15) is 29.8 Å². The quantitative estimate of drug-likeness (QED) is 0.410. The molecule has 2 aliphatic heterocycles. The van der Waals surface area contributed by atoms with Crippen molar-refractivity contribution in [1.82, 2.24) is 19.8 Å². The number of nitrogens with one attached hydrogen (secondary N) is 1. The number of H-pyrrole nitrogens is 1. The standard InChI is InChI=1S/C30H32N4O4/c1-20-31-26-8-6-22(17-27(26)32-20)21-7-9-28-23(16-21)19-34(14-15-38-28)29(35)33-12-10-30(36,11-13-33)24-4-3-5-25(18-24)37-2/h3-9,16-18,36H,10-15,19H2,1-2H3,(H,31,32). The highest BCUT2D eigenvalue weighted by Gasteiger charge is 2.37. The third kappa shape index (κ3) is 4.56. The molecular weight excluding hydrogens is 480 g/mol. The van der Waals surface area contributed by atoms with E-state index >= 15 is 0 Å². The highest BCUT2D eigenvalue weighted by atomic mass is 16.5. The van der Waals surface area contributed by atoms with Gasteiger partial charge in [-0.05, 0) is 72.9 Å². The summed E-state index contributed by atoms with van der Waals surface area (Å²) >= 11 is 0. The summed E-state index contributed by atoms with van der Waals surface area (Å²) in [6.45, 7) is 4.36. The molecule has 4 aromatic rings. The first-order chi connectivity index (χ1) is 18.4. The molecule has 0 saturated carbocycles. The number of hydrogen-bond acceptors (Lipinski definition) is 5. The summed E-state index contributed by atoms with van der Waals surface area (Å²) in [6.07, 6.45) is 0.957. The number of hydrogen-bond donors (Lipinski definition) is 2. The number of carbonyl (C=O) groups excluding carboxylic acids is 1. The SMILES string of the molecule is COc1cccc(C2(O)CCN(C(=O)N3CCOc4ccc(-c5ccc6nc(C)[nH]c6c5)cc4C3)CC2)c1. The predicted molar refractivity (Wildman–Crippen MR) is 145 cm³/mol. The van der Waals surface area contributed by atoms with E-state index in [1.807, 2.05) is 53.1 Å². The topological polar surface area (TPSA) is 90.9 Å². The lowest BCUT2D eigenvalue weighted by atomic mass is 9.84. The van der Waals surface area contributed by atoms with Crippen molar-refractivity contribution in [3.05, 3.63) is 77.6 Å². The molecule has 8 nitrogen and oxygen atoms in total. The molecule has 1 aromatic heterocycles. The molecule has 3 heterocycles. The molecule has 1 saturated heterocycles. The van der Waals surface area contributed by atoms with Gasteiger partial charge in [0.2, 0.25) is 0 Å². The number of amides is 2. The second-order valence-corrected chi connectivity index (χ2v) is 10.2. The number of ether oxygens (including phenoxy) is 2. The molecule has 2 amide bonds. The molecule has 196 valence electrons. The van der Waals surface area contributed by atoms with Gasteiger partial charge in [-0.25, -0.2) is 9.78 Å². The molecule has 0 spiro atoms. The first-order valence-corrected chi connectivity index (χ1v) is 13.1. The number of carbonyl (C=O) groups is 1. The maximum Gasteiger partial charge on any atom is 0.320 e. The van der Waals surface area contributed by atoms with Crippen molar-refractivity contribution in [2.75, 3.05) is 33.4 Å². The van der Waals surface area contributed by atoms with E-state index < -0.39 is 5.60 Å². The summed E-state index contributed by atoms with van der Waals surface area (Å²) in [5.41, 5.74) is 4.94. The second kappa shape index (κ2) is 9.68. The van der Waals surface area contributed by atoms with Gasteiger partial charge < -0.3 is 29.4 Å². The smallest absolute Gasteiger partial charge is 0.320 e. The normalized spacial score (nSPS) is 17.0. The van der Waals surface area contributed by atoms with Crippen LogP contribution in [0.15, 0.2) is 60.7 Å². The summed E-state index contributed by atoms with van der Waals surface area (Å²) in [5.74, 6) is 2.42. The molecule has 3 aromatic carbocycles. The molecule has 0 radical (unpaired) electrons. The molecule has 0 bridgehead atoms. The van der Waals surface area contributed by atoms with E-state index in [1.54, 1.807) is 7.11 Å². The Bertz CT molecular complexity index is 1490. The number of likely N-dealkylation sites (tertiary alicyclic amines) is 1. The van der Waals surface area contributed by atoms with E-state index in [1.165, 1.54) is 0 Å². The summed E-state index contributed by atoms with van der Waals surface area (Å²) in [4.78, 5) is 25.0. The van der Waals surface area contributed by atoms with E-state index in [4.69, 9.17) is 9.47 Å². The van der Waals surface area contributed by atoms with Crippen molar-refractivity contribution in [3.63, 3.8) is 0 Å². The van der Waals surface area contributed by atoms with Gasteiger partial charge in [0.15, 0.2) is 0 Å². The van der Waals surface area contributed by atoms with Gasteiger partial charge in [-0.1, -0.05) is 24.3 Å². The van der Waals surface area contributed by atoms with Crippen LogP contribution in [-0.2, 0) is 12.1 Å². The number of aryl methyl sites for hydroxylation is 1.